The van der Waals surface area contributed by atoms with Crippen molar-refractivity contribution >= 4 is 5.91 Å². The SMILES string of the molecule is CCCOCC(=O)NCCc1ncno1. The topological polar surface area (TPSA) is 77.2 Å². The highest BCUT2D eigenvalue weighted by Crippen LogP contribution is 1.90. The number of carbonyl (C=O) groups excluding carboxylic acids is 1. The normalized spacial score (nSPS) is 10.2. The van der Waals surface area contributed by atoms with Gasteiger partial charge in [0.15, 0.2) is 6.33 Å². The molecule has 0 fully saturated rings. The molecular weight excluding hydrogens is 198 g/mol. The van der Waals surface area contributed by atoms with E-state index in [1.54, 1.807) is 0 Å². The van der Waals surface area contributed by atoms with Gasteiger partial charge in [-0.25, -0.2) is 0 Å². The summed E-state index contributed by atoms with van der Waals surface area (Å²) in [6.07, 6.45) is 2.79. The van der Waals surface area contributed by atoms with E-state index >= 15 is 0 Å². The first-order valence-electron chi connectivity index (χ1n) is 4.93. The second kappa shape index (κ2) is 6.94. The monoisotopic (exact) mass is 213 g/mol. The minimum atomic E-state index is -0.122. The molecule has 84 valence electrons. The van der Waals surface area contributed by atoms with Crippen LogP contribution in [0.25, 0.3) is 0 Å². The number of nitrogens with one attached hydrogen (secondary N) is 1. The van der Waals surface area contributed by atoms with E-state index in [-0.39, 0.29) is 12.5 Å². The summed E-state index contributed by atoms with van der Waals surface area (Å²) in [5, 5.41) is 6.15. The van der Waals surface area contributed by atoms with Crippen molar-refractivity contribution in [2.24, 2.45) is 0 Å². The molecule has 0 aromatic carbocycles. The number of amides is 1. The number of hydrogen-bond donors (Lipinski definition) is 1. The summed E-state index contributed by atoms with van der Waals surface area (Å²) in [5.41, 5.74) is 0. The molecule has 15 heavy (non-hydrogen) atoms. The summed E-state index contributed by atoms with van der Waals surface area (Å²) in [6.45, 7) is 3.19. The average molecular weight is 213 g/mol. The van der Waals surface area contributed by atoms with E-state index in [4.69, 9.17) is 9.26 Å². The Morgan fingerprint density at radius 3 is 3.20 bits per heavy atom. The molecule has 0 aliphatic heterocycles. The van der Waals surface area contributed by atoms with Crippen LogP contribution in [0.2, 0.25) is 0 Å². The Balaban J connectivity index is 2.02. The Kier molecular flexibility index (Phi) is 5.39. The molecule has 0 saturated carbocycles. The predicted octanol–water partition coefficient (Wildman–Crippen LogP) is 0.155. The van der Waals surface area contributed by atoms with Gasteiger partial charge in [0.2, 0.25) is 11.8 Å². The van der Waals surface area contributed by atoms with Crippen molar-refractivity contribution in [1.82, 2.24) is 15.5 Å². The molecule has 0 unspecified atom stereocenters. The van der Waals surface area contributed by atoms with Crippen LogP contribution in [0.15, 0.2) is 10.9 Å². The van der Waals surface area contributed by atoms with Gasteiger partial charge in [0, 0.05) is 19.6 Å². The Morgan fingerprint density at radius 1 is 1.67 bits per heavy atom. The maximum absolute atomic E-state index is 11.1. The van der Waals surface area contributed by atoms with Crippen LogP contribution >= 0.6 is 0 Å². The zero-order valence-corrected chi connectivity index (χ0v) is 8.73. The molecule has 0 aliphatic rings. The second-order valence-corrected chi connectivity index (χ2v) is 2.99. The van der Waals surface area contributed by atoms with Gasteiger partial charge in [-0.3, -0.25) is 4.79 Å². The minimum Gasteiger partial charge on any atom is -0.372 e. The lowest BCUT2D eigenvalue weighted by molar-refractivity contribution is -0.125. The van der Waals surface area contributed by atoms with Crippen molar-refractivity contribution in [3.8, 4) is 0 Å². The Labute approximate surface area is 88.0 Å². The molecule has 1 aromatic rings. The highest BCUT2D eigenvalue weighted by atomic mass is 16.5. The molecule has 1 heterocycles. The van der Waals surface area contributed by atoms with Gasteiger partial charge in [-0.15, -0.1) is 0 Å². The van der Waals surface area contributed by atoms with E-state index in [9.17, 15) is 4.79 Å². The zero-order chi connectivity index (χ0) is 10.9. The lowest BCUT2D eigenvalue weighted by Crippen LogP contribution is -2.29. The highest BCUT2D eigenvalue weighted by Gasteiger charge is 2.02. The lowest BCUT2D eigenvalue weighted by Gasteiger charge is -2.03. The number of aromatic nitrogens is 2. The Morgan fingerprint density at radius 2 is 2.53 bits per heavy atom. The summed E-state index contributed by atoms with van der Waals surface area (Å²) in [7, 11) is 0. The van der Waals surface area contributed by atoms with E-state index in [0.29, 0.717) is 25.5 Å². The van der Waals surface area contributed by atoms with E-state index in [0.717, 1.165) is 6.42 Å². The summed E-state index contributed by atoms with van der Waals surface area (Å²) >= 11 is 0. The van der Waals surface area contributed by atoms with Gasteiger partial charge in [-0.2, -0.15) is 4.98 Å². The first-order valence-corrected chi connectivity index (χ1v) is 4.93. The molecule has 1 aromatic heterocycles. The standard InChI is InChI=1S/C9H15N3O3/c1-2-5-14-6-8(13)10-4-3-9-11-7-12-15-9/h7H,2-6H2,1H3,(H,10,13). The average Bonchev–Trinajstić information content (AvgIpc) is 2.71. The molecule has 1 amide bonds. The van der Waals surface area contributed by atoms with Gasteiger partial charge in [-0.1, -0.05) is 12.1 Å². The second-order valence-electron chi connectivity index (χ2n) is 2.99. The summed E-state index contributed by atoms with van der Waals surface area (Å²) < 4.78 is 9.84. The van der Waals surface area contributed by atoms with Crippen LogP contribution in [0.3, 0.4) is 0 Å². The summed E-state index contributed by atoms with van der Waals surface area (Å²) in [6, 6.07) is 0. The summed E-state index contributed by atoms with van der Waals surface area (Å²) in [5.74, 6) is 0.396. The third-order valence-electron chi connectivity index (χ3n) is 1.65. The van der Waals surface area contributed by atoms with Gasteiger partial charge >= 0.3 is 0 Å². The van der Waals surface area contributed by atoms with Crippen molar-refractivity contribution in [1.29, 1.82) is 0 Å². The van der Waals surface area contributed by atoms with Gasteiger partial charge < -0.3 is 14.6 Å². The molecule has 0 aliphatic carbocycles. The van der Waals surface area contributed by atoms with Crippen LogP contribution < -0.4 is 5.32 Å². The van der Waals surface area contributed by atoms with Crippen molar-refractivity contribution in [3.63, 3.8) is 0 Å². The molecule has 6 nitrogen and oxygen atoms in total. The molecule has 6 heteroatoms. The highest BCUT2D eigenvalue weighted by molar-refractivity contribution is 5.77. The molecule has 0 bridgehead atoms. The smallest absolute Gasteiger partial charge is 0.246 e. The first kappa shape index (κ1) is 11.6. The number of nitrogens with zero attached hydrogens (tertiary/aromatic N) is 2. The van der Waals surface area contributed by atoms with Crippen molar-refractivity contribution in [3.05, 3.63) is 12.2 Å². The van der Waals surface area contributed by atoms with Crippen molar-refractivity contribution in [2.75, 3.05) is 19.8 Å². The quantitative estimate of drug-likeness (QED) is 0.652. The van der Waals surface area contributed by atoms with E-state index in [1.807, 2.05) is 6.92 Å². The molecule has 0 saturated heterocycles. The Bertz CT molecular complexity index is 274. The van der Waals surface area contributed by atoms with Crippen LogP contribution in [0.4, 0.5) is 0 Å². The van der Waals surface area contributed by atoms with Crippen LogP contribution in [0.5, 0.6) is 0 Å². The molecule has 1 N–H and O–H groups in total. The fourth-order valence-corrected chi connectivity index (χ4v) is 0.975. The fraction of sp³-hybridized carbons (Fsp3) is 0.667. The third-order valence-corrected chi connectivity index (χ3v) is 1.65. The number of carbonyl (C=O) groups is 1. The first-order chi connectivity index (χ1) is 7.33. The van der Waals surface area contributed by atoms with E-state index < -0.39 is 0 Å². The molecule has 0 radical (unpaired) electrons. The van der Waals surface area contributed by atoms with Crippen LogP contribution in [-0.4, -0.2) is 35.8 Å². The lowest BCUT2D eigenvalue weighted by atomic mass is 10.4. The maximum Gasteiger partial charge on any atom is 0.246 e. The molecule has 0 atom stereocenters. The number of rotatable bonds is 7. The minimum absolute atomic E-state index is 0.109. The Hall–Kier alpha value is -1.43. The number of ether oxygens (including phenoxy) is 1. The summed E-state index contributed by atoms with van der Waals surface area (Å²) in [4.78, 5) is 15.0. The number of hydrogen-bond acceptors (Lipinski definition) is 5. The third kappa shape index (κ3) is 5.11. The largest absolute Gasteiger partial charge is 0.372 e. The molecule has 1 rings (SSSR count). The van der Waals surface area contributed by atoms with Crippen LogP contribution in [-0.2, 0) is 16.0 Å². The van der Waals surface area contributed by atoms with Gasteiger partial charge in [0.25, 0.3) is 0 Å². The molecule has 0 spiro atoms. The zero-order valence-electron chi connectivity index (χ0n) is 8.73. The predicted molar refractivity (Wildman–Crippen MR) is 52.1 cm³/mol. The van der Waals surface area contributed by atoms with Gasteiger partial charge in [-0.05, 0) is 6.42 Å². The van der Waals surface area contributed by atoms with Crippen molar-refractivity contribution in [2.45, 2.75) is 19.8 Å². The van der Waals surface area contributed by atoms with Crippen LogP contribution in [0.1, 0.15) is 19.2 Å². The maximum atomic E-state index is 11.1. The van der Waals surface area contributed by atoms with Crippen LogP contribution in [0, 0.1) is 0 Å². The van der Waals surface area contributed by atoms with E-state index in [1.165, 1.54) is 6.33 Å². The van der Waals surface area contributed by atoms with E-state index in [2.05, 4.69) is 15.5 Å². The van der Waals surface area contributed by atoms with Gasteiger partial charge in [0.05, 0.1) is 0 Å². The van der Waals surface area contributed by atoms with Crippen molar-refractivity contribution < 1.29 is 14.1 Å². The molecular formula is C9H15N3O3. The van der Waals surface area contributed by atoms with Gasteiger partial charge in [0.1, 0.15) is 6.61 Å². The fourth-order valence-electron chi connectivity index (χ4n) is 0.975.